The number of aromatic nitrogens is 1. The highest BCUT2D eigenvalue weighted by Gasteiger charge is 2.32. The van der Waals surface area contributed by atoms with Crippen LogP contribution < -0.4 is 5.32 Å². The first-order chi connectivity index (χ1) is 14.6. The number of hydrogen-bond donors (Lipinski definition) is 1. The minimum atomic E-state index is -3.55. The molecule has 4 rings (SSSR count). The Morgan fingerprint density at radius 2 is 1.80 bits per heavy atom. The number of sulfonamides is 1. The largest absolute Gasteiger partial charge is 0.356 e. The van der Waals surface area contributed by atoms with Gasteiger partial charge in [-0.15, -0.1) is 0 Å². The first kappa shape index (κ1) is 20.5. The van der Waals surface area contributed by atoms with Crippen LogP contribution in [0, 0.1) is 5.92 Å². The number of fused-ring (bicyclic) bond motifs is 1. The lowest BCUT2D eigenvalue weighted by Crippen LogP contribution is -2.43. The maximum atomic E-state index is 12.7. The number of pyridine rings is 1. The smallest absolute Gasteiger partial charge is 0.244 e. The van der Waals surface area contributed by atoms with Gasteiger partial charge < -0.3 is 5.32 Å². The average molecular weight is 424 g/mol. The summed E-state index contributed by atoms with van der Waals surface area (Å²) in [6.07, 6.45) is 4.73. The molecule has 1 N–H and O–H groups in total. The summed E-state index contributed by atoms with van der Waals surface area (Å²) in [5.41, 5.74) is 1.21. The zero-order chi connectivity index (χ0) is 21.0. The van der Waals surface area contributed by atoms with Crippen molar-refractivity contribution in [2.24, 2.45) is 5.92 Å². The van der Waals surface area contributed by atoms with Crippen molar-refractivity contribution >= 4 is 26.7 Å². The molecule has 1 aliphatic heterocycles. The number of nitrogens with zero attached hydrogens (tertiary/aromatic N) is 2. The fraction of sp³-hybridized carbons (Fsp3) is 0.304. The fourth-order valence-electron chi connectivity index (χ4n) is 3.98. The molecule has 6 nitrogen and oxygen atoms in total. The molecule has 3 aromatic rings. The zero-order valence-corrected chi connectivity index (χ0v) is 17.5. The number of carbonyl (C=O) groups excluding carboxylic acids is 1. The lowest BCUT2D eigenvalue weighted by molar-refractivity contribution is -0.126. The first-order valence-corrected chi connectivity index (χ1v) is 11.6. The summed E-state index contributed by atoms with van der Waals surface area (Å²) < 4.78 is 26.8. The number of benzene rings is 2. The predicted octanol–water partition coefficient (Wildman–Crippen LogP) is 2.99. The Hall–Kier alpha value is -2.77. The van der Waals surface area contributed by atoms with E-state index in [0.717, 1.165) is 6.42 Å². The Morgan fingerprint density at radius 1 is 1.03 bits per heavy atom. The third-order valence-electron chi connectivity index (χ3n) is 5.67. The number of hydrogen-bond acceptors (Lipinski definition) is 4. The van der Waals surface area contributed by atoms with Crippen LogP contribution in [0.3, 0.4) is 0 Å². The SMILES string of the molecule is O=C(NCCc1cccc2ccccc12)C1CCN(S(=O)(=O)c2cccnc2)CC1. The van der Waals surface area contributed by atoms with Gasteiger partial charge >= 0.3 is 0 Å². The van der Waals surface area contributed by atoms with Crippen molar-refractivity contribution in [1.29, 1.82) is 0 Å². The molecule has 2 aromatic carbocycles. The van der Waals surface area contributed by atoms with Gasteiger partial charge in [-0.1, -0.05) is 42.5 Å². The second-order valence-electron chi connectivity index (χ2n) is 7.55. The van der Waals surface area contributed by atoms with Gasteiger partial charge in [-0.25, -0.2) is 8.42 Å². The lowest BCUT2D eigenvalue weighted by Gasteiger charge is -2.30. The normalized spacial score (nSPS) is 15.9. The van der Waals surface area contributed by atoms with Crippen molar-refractivity contribution < 1.29 is 13.2 Å². The molecule has 0 unspecified atom stereocenters. The van der Waals surface area contributed by atoms with Gasteiger partial charge in [0.25, 0.3) is 0 Å². The van der Waals surface area contributed by atoms with Crippen LogP contribution in [-0.4, -0.2) is 43.2 Å². The number of piperidine rings is 1. The molecular formula is C23H25N3O3S. The monoisotopic (exact) mass is 423 g/mol. The van der Waals surface area contributed by atoms with Gasteiger partial charge in [-0.3, -0.25) is 9.78 Å². The van der Waals surface area contributed by atoms with Crippen LogP contribution in [0.5, 0.6) is 0 Å². The quantitative estimate of drug-likeness (QED) is 0.661. The van der Waals surface area contributed by atoms with Crippen LogP contribution in [0.25, 0.3) is 10.8 Å². The van der Waals surface area contributed by atoms with Crippen LogP contribution in [-0.2, 0) is 21.2 Å². The molecule has 1 aromatic heterocycles. The lowest BCUT2D eigenvalue weighted by atomic mass is 9.97. The van der Waals surface area contributed by atoms with Crippen LogP contribution in [0.1, 0.15) is 18.4 Å². The minimum Gasteiger partial charge on any atom is -0.356 e. The van der Waals surface area contributed by atoms with Crippen LogP contribution >= 0.6 is 0 Å². The molecule has 0 radical (unpaired) electrons. The van der Waals surface area contributed by atoms with Gasteiger partial charge in [0, 0.05) is 37.9 Å². The van der Waals surface area contributed by atoms with Crippen LogP contribution in [0.2, 0.25) is 0 Å². The van der Waals surface area contributed by atoms with E-state index in [2.05, 4.69) is 34.6 Å². The molecular weight excluding hydrogens is 398 g/mol. The van der Waals surface area contributed by atoms with Crippen molar-refractivity contribution in [2.45, 2.75) is 24.2 Å². The van der Waals surface area contributed by atoms with Crippen molar-refractivity contribution in [3.63, 3.8) is 0 Å². The predicted molar refractivity (Wildman–Crippen MR) is 116 cm³/mol. The molecule has 1 aliphatic rings. The molecule has 1 amide bonds. The molecule has 0 saturated carbocycles. The molecule has 1 fully saturated rings. The van der Waals surface area contributed by atoms with Crippen LogP contribution in [0.4, 0.5) is 0 Å². The molecule has 2 heterocycles. The second-order valence-corrected chi connectivity index (χ2v) is 9.48. The van der Waals surface area contributed by atoms with E-state index in [1.807, 2.05) is 18.2 Å². The molecule has 0 atom stereocenters. The number of rotatable bonds is 6. The highest BCUT2D eigenvalue weighted by Crippen LogP contribution is 2.24. The summed E-state index contributed by atoms with van der Waals surface area (Å²) in [5, 5.41) is 5.44. The van der Waals surface area contributed by atoms with E-state index in [9.17, 15) is 13.2 Å². The summed E-state index contributed by atoms with van der Waals surface area (Å²) in [5.74, 6) is -0.147. The van der Waals surface area contributed by atoms with E-state index in [-0.39, 0.29) is 16.7 Å². The van der Waals surface area contributed by atoms with Gasteiger partial charge in [0.05, 0.1) is 0 Å². The summed E-state index contributed by atoms with van der Waals surface area (Å²) in [4.78, 5) is 16.7. The van der Waals surface area contributed by atoms with Gasteiger partial charge in [0.2, 0.25) is 15.9 Å². The molecule has 156 valence electrons. The molecule has 1 saturated heterocycles. The summed E-state index contributed by atoms with van der Waals surface area (Å²) >= 11 is 0. The molecule has 30 heavy (non-hydrogen) atoms. The number of amides is 1. The Kier molecular flexibility index (Phi) is 6.11. The highest BCUT2D eigenvalue weighted by atomic mass is 32.2. The van der Waals surface area contributed by atoms with Gasteiger partial charge in [-0.05, 0) is 47.7 Å². The molecule has 0 spiro atoms. The minimum absolute atomic E-state index is 0.00802. The Labute approximate surface area is 177 Å². The maximum absolute atomic E-state index is 12.7. The Morgan fingerprint density at radius 3 is 2.57 bits per heavy atom. The van der Waals surface area contributed by atoms with Crippen molar-refractivity contribution in [3.8, 4) is 0 Å². The van der Waals surface area contributed by atoms with E-state index >= 15 is 0 Å². The summed E-state index contributed by atoms with van der Waals surface area (Å²) in [7, 11) is -3.55. The van der Waals surface area contributed by atoms with Crippen molar-refractivity contribution in [1.82, 2.24) is 14.6 Å². The van der Waals surface area contributed by atoms with E-state index in [0.29, 0.717) is 32.5 Å². The van der Waals surface area contributed by atoms with Crippen molar-refractivity contribution in [3.05, 3.63) is 72.6 Å². The van der Waals surface area contributed by atoms with Crippen molar-refractivity contribution in [2.75, 3.05) is 19.6 Å². The molecule has 0 aliphatic carbocycles. The molecule has 7 heteroatoms. The standard InChI is InChI=1S/C23H25N3O3S/c27-23(25-14-10-19-7-3-6-18-5-1-2-9-22(18)19)20-11-15-26(16-12-20)30(28,29)21-8-4-13-24-17-21/h1-9,13,17,20H,10-12,14-16H2,(H,25,27). The third kappa shape index (κ3) is 4.37. The van der Waals surface area contributed by atoms with E-state index in [1.54, 1.807) is 18.3 Å². The highest BCUT2D eigenvalue weighted by molar-refractivity contribution is 7.89. The Bertz CT molecular complexity index is 1120. The first-order valence-electron chi connectivity index (χ1n) is 10.2. The maximum Gasteiger partial charge on any atom is 0.244 e. The van der Waals surface area contributed by atoms with E-state index in [4.69, 9.17) is 0 Å². The topological polar surface area (TPSA) is 79.4 Å². The number of nitrogens with one attached hydrogen (secondary N) is 1. The number of carbonyl (C=O) groups is 1. The molecule has 0 bridgehead atoms. The Balaban J connectivity index is 1.30. The zero-order valence-electron chi connectivity index (χ0n) is 16.7. The fourth-order valence-corrected chi connectivity index (χ4v) is 5.42. The third-order valence-corrected chi connectivity index (χ3v) is 7.55. The average Bonchev–Trinajstić information content (AvgIpc) is 2.80. The van der Waals surface area contributed by atoms with Crippen LogP contribution in [0.15, 0.2) is 71.9 Å². The van der Waals surface area contributed by atoms with Gasteiger partial charge in [-0.2, -0.15) is 4.31 Å². The second kappa shape index (κ2) is 8.93. The summed E-state index contributed by atoms with van der Waals surface area (Å²) in [6, 6.07) is 17.6. The summed E-state index contributed by atoms with van der Waals surface area (Å²) in [6.45, 7) is 1.26. The van der Waals surface area contributed by atoms with Gasteiger partial charge in [0.1, 0.15) is 4.90 Å². The van der Waals surface area contributed by atoms with E-state index in [1.165, 1.54) is 26.8 Å². The van der Waals surface area contributed by atoms with Gasteiger partial charge in [0.15, 0.2) is 0 Å². The van der Waals surface area contributed by atoms with E-state index < -0.39 is 10.0 Å².